The normalized spacial score (nSPS) is 11.2. The molecule has 3 nitrogen and oxygen atoms in total. The van der Waals surface area contributed by atoms with Crippen molar-refractivity contribution < 1.29 is 4.79 Å². The number of amides is 1. The molecular weight excluding hydrogens is 212 g/mol. The Hall–Kier alpha value is -1.35. The zero-order chi connectivity index (χ0) is 12.7. The Balaban J connectivity index is 2.36. The van der Waals surface area contributed by atoms with Gasteiger partial charge >= 0.3 is 0 Å². The molecule has 1 amide bonds. The first-order valence-electron chi connectivity index (χ1n) is 6.13. The van der Waals surface area contributed by atoms with Gasteiger partial charge in [0.15, 0.2) is 0 Å². The quantitative estimate of drug-likeness (QED) is 0.794. The van der Waals surface area contributed by atoms with Crippen LogP contribution in [0.4, 0.5) is 5.69 Å². The third-order valence-electron chi connectivity index (χ3n) is 2.66. The van der Waals surface area contributed by atoms with E-state index in [2.05, 4.69) is 31.4 Å². The van der Waals surface area contributed by atoms with Crippen LogP contribution in [-0.4, -0.2) is 18.0 Å². The smallest absolute Gasteiger partial charge is 0.238 e. The second-order valence-electron chi connectivity index (χ2n) is 4.90. The molecule has 0 aliphatic carbocycles. The number of anilines is 1. The van der Waals surface area contributed by atoms with Gasteiger partial charge in [-0.15, -0.1) is 0 Å². The minimum Gasteiger partial charge on any atom is -0.325 e. The van der Waals surface area contributed by atoms with Crippen LogP contribution < -0.4 is 10.6 Å². The maximum Gasteiger partial charge on any atom is 0.238 e. The van der Waals surface area contributed by atoms with Crippen LogP contribution >= 0.6 is 0 Å². The Morgan fingerprint density at radius 1 is 1.24 bits per heavy atom. The van der Waals surface area contributed by atoms with Crippen LogP contribution in [0, 0.1) is 0 Å². The molecule has 0 saturated carbocycles. The van der Waals surface area contributed by atoms with Crippen molar-refractivity contribution in [1.29, 1.82) is 0 Å². The second-order valence-corrected chi connectivity index (χ2v) is 4.90. The molecule has 1 aromatic carbocycles. The molecule has 0 atom stereocenters. The summed E-state index contributed by atoms with van der Waals surface area (Å²) in [6, 6.07) is 9.51. The first-order chi connectivity index (χ1) is 8.03. The van der Waals surface area contributed by atoms with E-state index < -0.39 is 0 Å². The monoisotopic (exact) mass is 234 g/mol. The minimum absolute atomic E-state index is 0.000350. The molecule has 1 aromatic rings. The van der Waals surface area contributed by atoms with Gasteiger partial charge < -0.3 is 10.6 Å². The summed E-state index contributed by atoms with van der Waals surface area (Å²) < 4.78 is 0. The summed E-state index contributed by atoms with van der Waals surface area (Å²) >= 11 is 0. The van der Waals surface area contributed by atoms with Crippen LogP contribution in [0.1, 0.15) is 33.6 Å². The highest BCUT2D eigenvalue weighted by atomic mass is 16.1. The fourth-order valence-electron chi connectivity index (χ4n) is 1.76. The van der Waals surface area contributed by atoms with E-state index in [-0.39, 0.29) is 11.4 Å². The van der Waals surface area contributed by atoms with Gasteiger partial charge in [0, 0.05) is 11.2 Å². The van der Waals surface area contributed by atoms with Crippen LogP contribution in [0.25, 0.3) is 0 Å². The van der Waals surface area contributed by atoms with Gasteiger partial charge in [-0.1, -0.05) is 31.5 Å². The number of carbonyl (C=O) groups excluding carboxylic acids is 1. The number of para-hydroxylation sites is 1. The van der Waals surface area contributed by atoms with Gasteiger partial charge in [-0.2, -0.15) is 0 Å². The average Bonchev–Trinajstić information content (AvgIpc) is 2.28. The Morgan fingerprint density at radius 3 is 2.47 bits per heavy atom. The second kappa shape index (κ2) is 6.40. The van der Waals surface area contributed by atoms with Crippen LogP contribution in [0.15, 0.2) is 30.3 Å². The largest absolute Gasteiger partial charge is 0.325 e. The van der Waals surface area contributed by atoms with E-state index in [4.69, 9.17) is 0 Å². The third-order valence-corrected chi connectivity index (χ3v) is 2.66. The van der Waals surface area contributed by atoms with Crippen molar-refractivity contribution in [3.63, 3.8) is 0 Å². The number of carbonyl (C=O) groups is 1. The molecule has 0 bridgehead atoms. The van der Waals surface area contributed by atoms with Crippen molar-refractivity contribution >= 4 is 11.6 Å². The lowest BCUT2D eigenvalue weighted by atomic mass is 9.99. The van der Waals surface area contributed by atoms with Gasteiger partial charge in [0.25, 0.3) is 0 Å². The van der Waals surface area contributed by atoms with Crippen molar-refractivity contribution in [3.8, 4) is 0 Å². The molecule has 0 heterocycles. The zero-order valence-corrected chi connectivity index (χ0v) is 10.9. The summed E-state index contributed by atoms with van der Waals surface area (Å²) in [5.41, 5.74) is 0.857. The Morgan fingerprint density at radius 2 is 1.88 bits per heavy atom. The number of benzene rings is 1. The molecule has 0 aliphatic heterocycles. The van der Waals surface area contributed by atoms with Gasteiger partial charge in [0.2, 0.25) is 5.91 Å². The maximum absolute atomic E-state index is 11.7. The van der Waals surface area contributed by atoms with Gasteiger partial charge in [-0.05, 0) is 32.4 Å². The number of nitrogens with one attached hydrogen (secondary N) is 2. The summed E-state index contributed by atoms with van der Waals surface area (Å²) in [5.74, 6) is 0.000350. The molecule has 2 N–H and O–H groups in total. The van der Waals surface area contributed by atoms with Crippen molar-refractivity contribution in [3.05, 3.63) is 30.3 Å². The summed E-state index contributed by atoms with van der Waals surface area (Å²) in [6.07, 6.45) is 2.17. The molecule has 0 fully saturated rings. The maximum atomic E-state index is 11.7. The minimum atomic E-state index is 0.000350. The molecule has 0 spiro atoms. The molecule has 0 aliphatic rings. The van der Waals surface area contributed by atoms with E-state index in [1.807, 2.05) is 30.3 Å². The lowest BCUT2D eigenvalue weighted by Crippen LogP contribution is -2.43. The first-order valence-corrected chi connectivity index (χ1v) is 6.13. The van der Waals surface area contributed by atoms with Crippen LogP contribution in [0.2, 0.25) is 0 Å². The molecule has 94 valence electrons. The van der Waals surface area contributed by atoms with Crippen molar-refractivity contribution in [2.24, 2.45) is 0 Å². The Bertz CT molecular complexity index is 346. The van der Waals surface area contributed by atoms with Gasteiger partial charge in [0.05, 0.1) is 6.54 Å². The average molecular weight is 234 g/mol. The number of hydrogen-bond donors (Lipinski definition) is 2. The Labute approximate surface area is 104 Å². The highest BCUT2D eigenvalue weighted by Crippen LogP contribution is 2.10. The van der Waals surface area contributed by atoms with E-state index in [1.165, 1.54) is 0 Å². The molecule has 17 heavy (non-hydrogen) atoms. The highest BCUT2D eigenvalue weighted by molar-refractivity contribution is 5.92. The molecule has 0 radical (unpaired) electrons. The summed E-state index contributed by atoms with van der Waals surface area (Å²) in [6.45, 7) is 6.73. The van der Waals surface area contributed by atoms with E-state index >= 15 is 0 Å². The fourth-order valence-corrected chi connectivity index (χ4v) is 1.76. The lowest BCUT2D eigenvalue weighted by molar-refractivity contribution is -0.115. The van der Waals surface area contributed by atoms with Crippen LogP contribution in [0.3, 0.4) is 0 Å². The summed E-state index contributed by atoms with van der Waals surface area (Å²) in [5, 5.41) is 6.12. The van der Waals surface area contributed by atoms with Crippen molar-refractivity contribution in [1.82, 2.24) is 5.32 Å². The predicted molar refractivity (Wildman–Crippen MR) is 72.1 cm³/mol. The fraction of sp³-hybridized carbons (Fsp3) is 0.500. The van der Waals surface area contributed by atoms with Crippen molar-refractivity contribution in [2.75, 3.05) is 11.9 Å². The Kier molecular flexibility index (Phi) is 5.16. The predicted octanol–water partition coefficient (Wildman–Crippen LogP) is 2.79. The van der Waals surface area contributed by atoms with Gasteiger partial charge in [-0.25, -0.2) is 0 Å². The van der Waals surface area contributed by atoms with Gasteiger partial charge in [0.1, 0.15) is 0 Å². The number of rotatable bonds is 6. The summed E-state index contributed by atoms with van der Waals surface area (Å²) in [7, 11) is 0. The third kappa shape index (κ3) is 5.50. The standard InChI is InChI=1S/C14H22N2O/c1-4-10-14(2,3)15-11-13(17)16-12-8-6-5-7-9-12/h5-9,15H,4,10-11H2,1-3H3,(H,16,17). The van der Waals surface area contributed by atoms with Crippen LogP contribution in [0.5, 0.6) is 0 Å². The molecule has 0 aromatic heterocycles. The van der Waals surface area contributed by atoms with Crippen molar-refractivity contribution in [2.45, 2.75) is 39.2 Å². The molecule has 3 heteroatoms. The van der Waals surface area contributed by atoms with E-state index in [0.717, 1.165) is 18.5 Å². The van der Waals surface area contributed by atoms with Crippen LogP contribution in [-0.2, 0) is 4.79 Å². The molecular formula is C14H22N2O. The van der Waals surface area contributed by atoms with E-state index in [0.29, 0.717) is 6.54 Å². The molecule has 0 unspecified atom stereocenters. The molecule has 1 rings (SSSR count). The number of hydrogen-bond acceptors (Lipinski definition) is 2. The van der Waals surface area contributed by atoms with E-state index in [1.54, 1.807) is 0 Å². The van der Waals surface area contributed by atoms with E-state index in [9.17, 15) is 4.79 Å². The first kappa shape index (κ1) is 13.7. The lowest BCUT2D eigenvalue weighted by Gasteiger charge is -2.25. The zero-order valence-electron chi connectivity index (χ0n) is 10.9. The highest BCUT2D eigenvalue weighted by Gasteiger charge is 2.16. The summed E-state index contributed by atoms with van der Waals surface area (Å²) in [4.78, 5) is 11.7. The SMILES string of the molecule is CCCC(C)(C)NCC(=O)Nc1ccccc1. The van der Waals surface area contributed by atoms with Gasteiger partial charge in [-0.3, -0.25) is 4.79 Å². The molecule has 0 saturated heterocycles. The topological polar surface area (TPSA) is 41.1 Å².